The van der Waals surface area contributed by atoms with Gasteiger partial charge in [-0.3, -0.25) is 9.69 Å². The number of hydrogen-bond donors (Lipinski definition) is 1. The van der Waals surface area contributed by atoms with Crippen molar-refractivity contribution in [3.05, 3.63) is 53.2 Å². The average molecular weight is 269 g/mol. The first kappa shape index (κ1) is 14.1. The molecule has 0 unspecified atom stereocenters. The van der Waals surface area contributed by atoms with E-state index in [9.17, 15) is 4.79 Å². The summed E-state index contributed by atoms with van der Waals surface area (Å²) in [6, 6.07) is 9.24. The summed E-state index contributed by atoms with van der Waals surface area (Å²) in [5.41, 5.74) is 9.17. The molecule has 2 N–H and O–H groups in total. The molecule has 0 saturated carbocycles. The van der Waals surface area contributed by atoms with Gasteiger partial charge in [0.25, 0.3) is 5.91 Å². The Hall–Kier alpha value is -2.36. The fourth-order valence-corrected chi connectivity index (χ4v) is 2.00. The second kappa shape index (κ2) is 5.74. The molecule has 1 aromatic heterocycles. The van der Waals surface area contributed by atoms with Gasteiger partial charge in [0.1, 0.15) is 5.82 Å². The summed E-state index contributed by atoms with van der Waals surface area (Å²) in [6.07, 6.45) is 1.56. The maximum Gasteiger partial charge on any atom is 0.259 e. The molecule has 20 heavy (non-hydrogen) atoms. The summed E-state index contributed by atoms with van der Waals surface area (Å²) >= 11 is 0. The van der Waals surface area contributed by atoms with Crippen LogP contribution < -0.4 is 10.6 Å². The van der Waals surface area contributed by atoms with E-state index in [1.165, 1.54) is 5.56 Å². The number of nitrogens with zero attached hydrogens (tertiary/aromatic N) is 2. The molecule has 0 atom stereocenters. The van der Waals surface area contributed by atoms with Crippen LogP contribution in [0.5, 0.6) is 0 Å². The first-order valence-electron chi connectivity index (χ1n) is 6.63. The minimum absolute atomic E-state index is 0.0483. The van der Waals surface area contributed by atoms with Crippen molar-refractivity contribution >= 4 is 17.4 Å². The molecule has 0 bridgehead atoms. The van der Waals surface area contributed by atoms with Crippen molar-refractivity contribution in [2.75, 3.05) is 17.2 Å². The molecule has 4 heteroatoms. The van der Waals surface area contributed by atoms with Crippen molar-refractivity contribution in [1.29, 1.82) is 0 Å². The van der Waals surface area contributed by atoms with Crippen LogP contribution in [0.3, 0.4) is 0 Å². The first-order valence-corrected chi connectivity index (χ1v) is 6.63. The van der Waals surface area contributed by atoms with E-state index in [1.54, 1.807) is 23.2 Å². The number of aryl methyl sites for hydroxylation is 2. The standard InChI is InChI=1S/C16H19N3O/c1-4-19(15-8-7-14(17)10-18-15)16(20)13-6-5-11(2)12(3)9-13/h5-10H,4,17H2,1-3H3. The van der Waals surface area contributed by atoms with Crippen LogP contribution >= 0.6 is 0 Å². The number of nitrogens with two attached hydrogens (primary N) is 1. The lowest BCUT2D eigenvalue weighted by atomic mass is 10.1. The lowest BCUT2D eigenvalue weighted by molar-refractivity contribution is 0.0987. The van der Waals surface area contributed by atoms with Gasteiger partial charge in [0.2, 0.25) is 0 Å². The molecule has 2 aromatic rings. The molecule has 0 aliphatic heterocycles. The van der Waals surface area contributed by atoms with Crippen LogP contribution in [0.25, 0.3) is 0 Å². The van der Waals surface area contributed by atoms with Crippen molar-refractivity contribution in [2.24, 2.45) is 0 Å². The zero-order valence-corrected chi connectivity index (χ0v) is 12.1. The fraction of sp³-hybridized carbons (Fsp3) is 0.250. The van der Waals surface area contributed by atoms with Crippen LogP contribution in [0, 0.1) is 13.8 Å². The lowest BCUT2D eigenvalue weighted by Gasteiger charge is -2.20. The molecule has 1 amide bonds. The normalized spacial score (nSPS) is 10.3. The quantitative estimate of drug-likeness (QED) is 0.932. The second-order valence-electron chi connectivity index (χ2n) is 4.80. The van der Waals surface area contributed by atoms with Crippen LogP contribution in [0.2, 0.25) is 0 Å². The van der Waals surface area contributed by atoms with Gasteiger partial charge in [-0.15, -0.1) is 0 Å². The molecular formula is C16H19N3O. The molecule has 0 saturated heterocycles. The Morgan fingerprint density at radius 2 is 1.95 bits per heavy atom. The number of pyridine rings is 1. The second-order valence-corrected chi connectivity index (χ2v) is 4.80. The summed E-state index contributed by atoms with van der Waals surface area (Å²) < 4.78 is 0. The third-order valence-electron chi connectivity index (χ3n) is 3.36. The Kier molecular flexibility index (Phi) is 4.03. The molecule has 2 rings (SSSR count). The Balaban J connectivity index is 2.33. The predicted molar refractivity (Wildman–Crippen MR) is 81.9 cm³/mol. The summed E-state index contributed by atoms with van der Waals surface area (Å²) in [6.45, 7) is 6.52. The topological polar surface area (TPSA) is 59.2 Å². The Morgan fingerprint density at radius 1 is 1.20 bits per heavy atom. The zero-order chi connectivity index (χ0) is 14.7. The Bertz CT molecular complexity index is 620. The number of carbonyl (C=O) groups excluding carboxylic acids is 1. The van der Waals surface area contributed by atoms with E-state index in [0.717, 1.165) is 5.56 Å². The SMILES string of the molecule is CCN(C(=O)c1ccc(C)c(C)c1)c1ccc(N)cn1. The summed E-state index contributed by atoms with van der Waals surface area (Å²) in [7, 11) is 0. The van der Waals surface area contributed by atoms with Crippen molar-refractivity contribution < 1.29 is 4.79 Å². The molecule has 1 heterocycles. The average Bonchev–Trinajstić information content (AvgIpc) is 2.44. The van der Waals surface area contributed by atoms with Gasteiger partial charge in [-0.05, 0) is 56.2 Å². The number of carbonyl (C=O) groups is 1. The molecule has 0 aliphatic carbocycles. The van der Waals surface area contributed by atoms with E-state index in [4.69, 9.17) is 5.73 Å². The van der Waals surface area contributed by atoms with E-state index in [-0.39, 0.29) is 5.91 Å². The molecular weight excluding hydrogens is 250 g/mol. The highest BCUT2D eigenvalue weighted by molar-refractivity contribution is 6.05. The molecule has 0 aliphatic rings. The third-order valence-corrected chi connectivity index (χ3v) is 3.36. The Labute approximate surface area is 119 Å². The van der Waals surface area contributed by atoms with Crippen molar-refractivity contribution in [1.82, 2.24) is 4.98 Å². The smallest absolute Gasteiger partial charge is 0.259 e. The van der Waals surface area contributed by atoms with Gasteiger partial charge in [0.15, 0.2) is 0 Å². The minimum Gasteiger partial charge on any atom is -0.397 e. The summed E-state index contributed by atoms with van der Waals surface area (Å²) in [5.74, 6) is 0.567. The zero-order valence-electron chi connectivity index (χ0n) is 12.1. The van der Waals surface area contributed by atoms with E-state index < -0.39 is 0 Å². The first-order chi connectivity index (χ1) is 9.52. The van der Waals surface area contributed by atoms with Crippen LogP contribution in [0.15, 0.2) is 36.5 Å². The molecule has 104 valence electrons. The number of amides is 1. The van der Waals surface area contributed by atoms with Gasteiger partial charge < -0.3 is 5.73 Å². The van der Waals surface area contributed by atoms with Gasteiger partial charge in [0, 0.05) is 12.1 Å². The maximum absolute atomic E-state index is 12.6. The van der Waals surface area contributed by atoms with Gasteiger partial charge in [-0.25, -0.2) is 4.98 Å². The summed E-state index contributed by atoms with van der Waals surface area (Å²) in [4.78, 5) is 18.4. The maximum atomic E-state index is 12.6. The fourth-order valence-electron chi connectivity index (χ4n) is 2.00. The van der Waals surface area contributed by atoms with E-state index >= 15 is 0 Å². The lowest BCUT2D eigenvalue weighted by Crippen LogP contribution is -2.31. The largest absolute Gasteiger partial charge is 0.397 e. The van der Waals surface area contributed by atoms with Gasteiger partial charge in [0.05, 0.1) is 11.9 Å². The number of anilines is 2. The number of aromatic nitrogens is 1. The number of nitrogen functional groups attached to an aromatic ring is 1. The highest BCUT2D eigenvalue weighted by Gasteiger charge is 2.17. The Morgan fingerprint density at radius 3 is 2.50 bits per heavy atom. The highest BCUT2D eigenvalue weighted by atomic mass is 16.2. The van der Waals surface area contributed by atoms with Crippen molar-refractivity contribution in [3.8, 4) is 0 Å². The minimum atomic E-state index is -0.0483. The van der Waals surface area contributed by atoms with E-state index in [1.807, 2.05) is 39.0 Å². The number of benzene rings is 1. The number of rotatable bonds is 3. The highest BCUT2D eigenvalue weighted by Crippen LogP contribution is 2.17. The summed E-state index contributed by atoms with van der Waals surface area (Å²) in [5, 5.41) is 0. The monoisotopic (exact) mass is 269 g/mol. The molecule has 4 nitrogen and oxygen atoms in total. The van der Waals surface area contributed by atoms with Crippen LogP contribution in [0.4, 0.5) is 11.5 Å². The number of hydrogen-bond acceptors (Lipinski definition) is 3. The van der Waals surface area contributed by atoms with Crippen molar-refractivity contribution in [3.63, 3.8) is 0 Å². The van der Waals surface area contributed by atoms with Crippen LogP contribution in [-0.4, -0.2) is 17.4 Å². The van der Waals surface area contributed by atoms with Crippen LogP contribution in [0.1, 0.15) is 28.4 Å². The van der Waals surface area contributed by atoms with Gasteiger partial charge >= 0.3 is 0 Å². The molecule has 0 radical (unpaired) electrons. The van der Waals surface area contributed by atoms with E-state index in [2.05, 4.69) is 4.98 Å². The van der Waals surface area contributed by atoms with Gasteiger partial charge in [-0.2, -0.15) is 0 Å². The van der Waals surface area contributed by atoms with Gasteiger partial charge in [-0.1, -0.05) is 6.07 Å². The third kappa shape index (κ3) is 2.79. The molecule has 1 aromatic carbocycles. The van der Waals surface area contributed by atoms with Crippen molar-refractivity contribution in [2.45, 2.75) is 20.8 Å². The predicted octanol–water partition coefficient (Wildman–Crippen LogP) is 2.95. The molecule has 0 fully saturated rings. The van der Waals surface area contributed by atoms with E-state index in [0.29, 0.717) is 23.6 Å². The van der Waals surface area contributed by atoms with Crippen LogP contribution in [-0.2, 0) is 0 Å². The molecule has 0 spiro atoms.